The third kappa shape index (κ3) is 3.46. The number of piperazine rings is 1. The molecule has 0 spiro atoms. The number of carbonyl (C=O) groups excluding carboxylic acids is 3. The highest BCUT2D eigenvalue weighted by molar-refractivity contribution is 6.03. The van der Waals surface area contributed by atoms with E-state index in [0.717, 1.165) is 18.8 Å². The number of amides is 4. The minimum atomic E-state index is -0.494. The number of rotatable bonds is 5. The van der Waals surface area contributed by atoms with Crippen LogP contribution in [0.15, 0.2) is 4.99 Å². The molecule has 3 heterocycles. The zero-order valence-corrected chi connectivity index (χ0v) is 15.3. The number of aliphatic imine (C=N–C) groups is 1. The Bertz CT molecular complexity index is 615. The maximum Gasteiger partial charge on any atom is 0.325 e. The van der Waals surface area contributed by atoms with E-state index in [4.69, 9.17) is 10.7 Å². The molecular formula is C16H27N7O3. The lowest BCUT2D eigenvalue weighted by Crippen LogP contribution is -2.64. The highest BCUT2D eigenvalue weighted by Crippen LogP contribution is 2.26. The Kier molecular flexibility index (Phi) is 5.30. The van der Waals surface area contributed by atoms with Gasteiger partial charge in [0.2, 0.25) is 5.91 Å². The monoisotopic (exact) mass is 365 g/mol. The molecule has 0 aromatic rings. The minimum absolute atomic E-state index is 0.255. The van der Waals surface area contributed by atoms with Gasteiger partial charge < -0.3 is 20.4 Å². The van der Waals surface area contributed by atoms with Crippen molar-refractivity contribution in [2.24, 2.45) is 10.7 Å². The molecule has 4 amide bonds. The average Bonchev–Trinajstić information content (AvgIpc) is 2.98. The summed E-state index contributed by atoms with van der Waals surface area (Å²) in [7, 11) is 1.66. The van der Waals surface area contributed by atoms with E-state index in [9.17, 15) is 14.4 Å². The summed E-state index contributed by atoms with van der Waals surface area (Å²) in [5.41, 5.74) is 5.27. The van der Waals surface area contributed by atoms with Gasteiger partial charge in [0.15, 0.2) is 18.2 Å². The molecule has 0 radical (unpaired) electrons. The molecule has 2 saturated heterocycles. The van der Waals surface area contributed by atoms with Gasteiger partial charge in [-0.1, -0.05) is 13.3 Å². The maximum atomic E-state index is 12.5. The van der Waals surface area contributed by atoms with Crippen molar-refractivity contribution in [1.82, 2.24) is 24.9 Å². The molecule has 3 aliphatic rings. The number of hydrogen-bond acceptors (Lipinski definition) is 7. The summed E-state index contributed by atoms with van der Waals surface area (Å²) in [6.45, 7) is 5.89. The lowest BCUT2D eigenvalue weighted by Gasteiger charge is -2.40. The average molecular weight is 365 g/mol. The zero-order chi connectivity index (χ0) is 18.8. The van der Waals surface area contributed by atoms with Gasteiger partial charge >= 0.3 is 6.03 Å². The number of fused-ring (bicyclic) bond motifs is 1. The fraction of sp³-hybridized carbons (Fsp3) is 0.750. The Morgan fingerprint density at radius 3 is 2.58 bits per heavy atom. The fourth-order valence-electron chi connectivity index (χ4n) is 3.67. The molecule has 2 unspecified atom stereocenters. The van der Waals surface area contributed by atoms with Crippen LogP contribution in [0.1, 0.15) is 19.8 Å². The third-order valence-electron chi connectivity index (χ3n) is 5.13. The number of urea groups is 1. The number of nitrogens with zero attached hydrogens (tertiary/aromatic N) is 5. The molecule has 10 heteroatoms. The van der Waals surface area contributed by atoms with E-state index in [1.54, 1.807) is 7.05 Å². The smallest absolute Gasteiger partial charge is 0.325 e. The van der Waals surface area contributed by atoms with E-state index >= 15 is 0 Å². The Labute approximate surface area is 153 Å². The van der Waals surface area contributed by atoms with Crippen LogP contribution < -0.4 is 11.1 Å². The molecule has 0 bridgehead atoms. The van der Waals surface area contributed by atoms with E-state index < -0.39 is 18.2 Å². The van der Waals surface area contributed by atoms with Crippen LogP contribution in [0, 0.1) is 0 Å². The van der Waals surface area contributed by atoms with E-state index in [1.807, 2.05) is 9.80 Å². The normalized spacial score (nSPS) is 26.7. The van der Waals surface area contributed by atoms with Crippen LogP contribution >= 0.6 is 0 Å². The van der Waals surface area contributed by atoms with Crippen molar-refractivity contribution in [3.8, 4) is 0 Å². The van der Waals surface area contributed by atoms with E-state index in [0.29, 0.717) is 32.7 Å². The van der Waals surface area contributed by atoms with Crippen LogP contribution in [0.25, 0.3) is 0 Å². The molecule has 2 fully saturated rings. The molecule has 3 rings (SSSR count). The number of hydrogen-bond donors (Lipinski definition) is 2. The zero-order valence-electron chi connectivity index (χ0n) is 15.3. The first kappa shape index (κ1) is 18.4. The largest absolute Gasteiger partial charge is 0.369 e. The summed E-state index contributed by atoms with van der Waals surface area (Å²) in [4.78, 5) is 47.9. The Hall–Kier alpha value is -2.36. The summed E-state index contributed by atoms with van der Waals surface area (Å²) < 4.78 is 0. The van der Waals surface area contributed by atoms with Crippen molar-refractivity contribution in [3.05, 3.63) is 0 Å². The second-order valence-corrected chi connectivity index (χ2v) is 6.97. The van der Waals surface area contributed by atoms with Crippen LogP contribution in [-0.4, -0.2) is 102 Å². The summed E-state index contributed by atoms with van der Waals surface area (Å²) in [6, 6.07) is -0.897. The lowest BCUT2D eigenvalue weighted by atomic mass is 10.1. The van der Waals surface area contributed by atoms with Gasteiger partial charge in [0.25, 0.3) is 5.91 Å². The van der Waals surface area contributed by atoms with Crippen molar-refractivity contribution < 1.29 is 14.4 Å². The van der Waals surface area contributed by atoms with E-state index in [1.165, 1.54) is 4.90 Å². The van der Waals surface area contributed by atoms with Crippen molar-refractivity contribution in [2.75, 3.05) is 46.3 Å². The standard InChI is InChI=1S/C16H27N7O3/c1-3-4-5-23-12-13(20(2)16(26)19-14(12)25)18-15(23)22-8-6-21(7-9-22)10-11(17)24/h12-13H,3-10H2,1-2H3,(H2,17,24)(H,19,25,26). The van der Waals surface area contributed by atoms with Gasteiger partial charge in [-0.25, -0.2) is 9.79 Å². The highest BCUT2D eigenvalue weighted by Gasteiger charge is 2.49. The maximum absolute atomic E-state index is 12.5. The number of nitrogens with two attached hydrogens (primary N) is 1. The van der Waals surface area contributed by atoms with Gasteiger partial charge in [-0.2, -0.15) is 0 Å². The van der Waals surface area contributed by atoms with Crippen molar-refractivity contribution in [2.45, 2.75) is 32.0 Å². The van der Waals surface area contributed by atoms with Crippen LogP contribution in [0.3, 0.4) is 0 Å². The molecular weight excluding hydrogens is 338 g/mol. The molecule has 2 atom stereocenters. The number of primary amides is 1. The van der Waals surface area contributed by atoms with Crippen molar-refractivity contribution in [3.63, 3.8) is 0 Å². The third-order valence-corrected chi connectivity index (χ3v) is 5.13. The van der Waals surface area contributed by atoms with Crippen molar-refractivity contribution in [1.29, 1.82) is 0 Å². The van der Waals surface area contributed by atoms with Gasteiger partial charge in [-0.05, 0) is 6.42 Å². The predicted octanol–water partition coefficient (Wildman–Crippen LogP) is -1.56. The first-order chi connectivity index (χ1) is 12.4. The molecule has 0 aliphatic carbocycles. The Morgan fingerprint density at radius 2 is 1.96 bits per heavy atom. The molecule has 10 nitrogen and oxygen atoms in total. The number of likely N-dealkylation sites (N-methyl/N-ethyl adjacent to an activating group) is 1. The van der Waals surface area contributed by atoms with Gasteiger partial charge in [0, 0.05) is 39.8 Å². The minimum Gasteiger partial charge on any atom is -0.369 e. The van der Waals surface area contributed by atoms with E-state index in [2.05, 4.69) is 17.1 Å². The van der Waals surface area contributed by atoms with Crippen LogP contribution in [-0.2, 0) is 9.59 Å². The second kappa shape index (κ2) is 7.48. The van der Waals surface area contributed by atoms with Crippen LogP contribution in [0.5, 0.6) is 0 Å². The second-order valence-electron chi connectivity index (χ2n) is 6.97. The molecule has 0 aromatic carbocycles. The fourth-order valence-corrected chi connectivity index (χ4v) is 3.67. The van der Waals surface area contributed by atoms with Gasteiger partial charge in [-0.15, -0.1) is 0 Å². The molecule has 3 aliphatic heterocycles. The van der Waals surface area contributed by atoms with Crippen LogP contribution in [0.2, 0.25) is 0 Å². The van der Waals surface area contributed by atoms with Crippen molar-refractivity contribution >= 4 is 23.8 Å². The lowest BCUT2D eigenvalue weighted by molar-refractivity contribution is -0.127. The van der Waals surface area contributed by atoms with Gasteiger partial charge in [0.1, 0.15) is 0 Å². The molecule has 3 N–H and O–H groups in total. The molecule has 0 aromatic heterocycles. The molecule has 144 valence electrons. The first-order valence-corrected chi connectivity index (χ1v) is 9.10. The molecule has 0 saturated carbocycles. The van der Waals surface area contributed by atoms with Gasteiger partial charge in [0.05, 0.1) is 6.54 Å². The number of carbonyl (C=O) groups is 3. The number of unbranched alkanes of at least 4 members (excludes halogenated alkanes) is 1. The van der Waals surface area contributed by atoms with Gasteiger partial charge in [-0.3, -0.25) is 19.8 Å². The summed E-state index contributed by atoms with van der Waals surface area (Å²) in [5, 5.41) is 2.41. The van der Waals surface area contributed by atoms with Crippen LogP contribution in [0.4, 0.5) is 4.79 Å². The summed E-state index contributed by atoms with van der Waals surface area (Å²) in [6.07, 6.45) is 1.45. The first-order valence-electron chi connectivity index (χ1n) is 9.10. The van der Waals surface area contributed by atoms with E-state index in [-0.39, 0.29) is 18.4 Å². The summed E-state index contributed by atoms with van der Waals surface area (Å²) >= 11 is 0. The number of nitrogens with one attached hydrogen (secondary N) is 1. The summed E-state index contributed by atoms with van der Waals surface area (Å²) in [5.74, 6) is 0.147. The quantitative estimate of drug-likeness (QED) is 0.609. The highest BCUT2D eigenvalue weighted by atomic mass is 16.2. The Morgan fingerprint density at radius 1 is 1.27 bits per heavy atom. The number of guanidine groups is 1. The molecule has 26 heavy (non-hydrogen) atoms. The Balaban J connectivity index is 1.76. The number of imide groups is 1. The predicted molar refractivity (Wildman–Crippen MR) is 95.1 cm³/mol. The topological polar surface area (TPSA) is 115 Å². The SMILES string of the molecule is CCCCN1C(N2CCN(CC(N)=O)CC2)=NC2C1C(=O)NC(=O)N2C.